The molecular weight excluding hydrogens is 471 g/mol. The van der Waals surface area contributed by atoms with Crippen LogP contribution in [0, 0.1) is 0 Å². The van der Waals surface area contributed by atoms with Crippen molar-refractivity contribution in [1.82, 2.24) is 5.01 Å². The first-order valence-electron chi connectivity index (χ1n) is 11.0. The van der Waals surface area contributed by atoms with Crippen LogP contribution in [0.4, 0.5) is 0 Å². The lowest BCUT2D eigenvalue weighted by molar-refractivity contribution is -0.0190. The third-order valence-electron chi connectivity index (χ3n) is 6.57. The Morgan fingerprint density at radius 1 is 0.853 bits per heavy atom. The molecule has 4 aromatic carbocycles. The van der Waals surface area contributed by atoms with Gasteiger partial charge >= 0.3 is 0 Å². The number of hydrazone groups is 1. The molecule has 0 aromatic heterocycles. The number of hydrogen-bond acceptors (Lipinski definition) is 5. The quantitative estimate of drug-likeness (QED) is 0.301. The van der Waals surface area contributed by atoms with E-state index in [0.717, 1.165) is 28.2 Å². The summed E-state index contributed by atoms with van der Waals surface area (Å²) in [6.45, 7) is 0.216. The van der Waals surface area contributed by atoms with E-state index in [-0.39, 0.29) is 12.8 Å². The molecular formula is C27H18Cl2N2O3. The van der Waals surface area contributed by atoms with E-state index in [0.29, 0.717) is 28.0 Å². The fourth-order valence-electron chi connectivity index (χ4n) is 4.94. The van der Waals surface area contributed by atoms with Crippen LogP contribution in [0.3, 0.4) is 0 Å². The van der Waals surface area contributed by atoms with Gasteiger partial charge in [-0.25, -0.2) is 5.01 Å². The minimum absolute atomic E-state index is 0.0585. The zero-order chi connectivity index (χ0) is 22.8. The van der Waals surface area contributed by atoms with Crippen molar-refractivity contribution in [3.63, 3.8) is 0 Å². The van der Waals surface area contributed by atoms with Gasteiger partial charge in [0.2, 0.25) is 13.0 Å². The summed E-state index contributed by atoms with van der Waals surface area (Å²) in [5, 5.41) is 10.5. The Bertz CT molecular complexity index is 1500. The van der Waals surface area contributed by atoms with Gasteiger partial charge in [0, 0.05) is 22.6 Å². The highest BCUT2D eigenvalue weighted by Crippen LogP contribution is 2.51. The molecule has 0 bridgehead atoms. The molecule has 0 saturated carbocycles. The van der Waals surface area contributed by atoms with Gasteiger partial charge in [-0.2, -0.15) is 5.10 Å². The fraction of sp³-hybridized carbons (Fsp3) is 0.148. The van der Waals surface area contributed by atoms with Crippen LogP contribution in [0.25, 0.3) is 10.8 Å². The molecule has 0 spiro atoms. The second-order valence-corrected chi connectivity index (χ2v) is 9.44. The molecule has 168 valence electrons. The van der Waals surface area contributed by atoms with Gasteiger partial charge in [-0.3, -0.25) is 0 Å². The van der Waals surface area contributed by atoms with E-state index in [1.165, 1.54) is 10.8 Å². The van der Waals surface area contributed by atoms with Crippen LogP contribution in [0.2, 0.25) is 10.0 Å². The zero-order valence-electron chi connectivity index (χ0n) is 17.9. The van der Waals surface area contributed by atoms with Gasteiger partial charge in [0.15, 0.2) is 11.5 Å². The number of fused-ring (bicyclic) bond motifs is 5. The number of benzene rings is 4. The molecule has 0 radical (unpaired) electrons. The average Bonchev–Trinajstić information content (AvgIpc) is 3.50. The first-order valence-corrected chi connectivity index (χ1v) is 11.8. The summed E-state index contributed by atoms with van der Waals surface area (Å²) in [5.41, 5.74) is 3.93. The monoisotopic (exact) mass is 488 g/mol. The van der Waals surface area contributed by atoms with Crippen LogP contribution < -0.4 is 14.2 Å². The van der Waals surface area contributed by atoms with Gasteiger partial charge in [-0.05, 0) is 52.7 Å². The summed E-state index contributed by atoms with van der Waals surface area (Å²) in [6, 6.07) is 24.2. The molecule has 5 nitrogen and oxygen atoms in total. The van der Waals surface area contributed by atoms with E-state index in [4.69, 9.17) is 42.5 Å². The predicted molar refractivity (Wildman–Crippen MR) is 132 cm³/mol. The molecule has 34 heavy (non-hydrogen) atoms. The van der Waals surface area contributed by atoms with Crippen LogP contribution in [0.5, 0.6) is 17.2 Å². The largest absolute Gasteiger partial charge is 0.463 e. The summed E-state index contributed by atoms with van der Waals surface area (Å²) >= 11 is 13.0. The van der Waals surface area contributed by atoms with Gasteiger partial charge in [0.25, 0.3) is 0 Å². The molecule has 0 aliphatic carbocycles. The Morgan fingerprint density at radius 2 is 1.71 bits per heavy atom. The third-order valence-corrected chi connectivity index (χ3v) is 7.07. The second-order valence-electron chi connectivity index (χ2n) is 8.60. The lowest BCUT2D eigenvalue weighted by Crippen LogP contribution is -2.33. The third kappa shape index (κ3) is 3.11. The topological polar surface area (TPSA) is 43.3 Å². The SMILES string of the molecule is Clc1cc(Cl)c2c(c1)[C@@H]1CC(c3ccc4ccccc4c3)=NN1[C@H](c1ccc3c(c1)OCO3)O2. The van der Waals surface area contributed by atoms with Crippen molar-refractivity contribution in [2.75, 3.05) is 6.79 Å². The Kier molecular flexibility index (Phi) is 4.44. The van der Waals surface area contributed by atoms with Crippen molar-refractivity contribution in [1.29, 1.82) is 0 Å². The van der Waals surface area contributed by atoms with E-state index in [2.05, 4.69) is 36.4 Å². The molecule has 0 amide bonds. The fourth-order valence-corrected chi connectivity index (χ4v) is 5.50. The molecule has 3 aliphatic heterocycles. The van der Waals surface area contributed by atoms with E-state index in [9.17, 15) is 0 Å². The van der Waals surface area contributed by atoms with Crippen molar-refractivity contribution >= 4 is 39.7 Å². The van der Waals surface area contributed by atoms with Crippen molar-refractivity contribution in [2.45, 2.75) is 18.7 Å². The second kappa shape index (κ2) is 7.55. The van der Waals surface area contributed by atoms with E-state index in [1.807, 2.05) is 35.3 Å². The Labute approximate surface area is 206 Å². The molecule has 0 fully saturated rings. The van der Waals surface area contributed by atoms with E-state index >= 15 is 0 Å². The van der Waals surface area contributed by atoms with Crippen LogP contribution in [0.15, 0.2) is 77.9 Å². The minimum atomic E-state index is -0.469. The summed E-state index contributed by atoms with van der Waals surface area (Å²) < 4.78 is 17.6. The van der Waals surface area contributed by atoms with Crippen molar-refractivity contribution in [3.8, 4) is 17.2 Å². The maximum Gasteiger partial charge on any atom is 0.231 e. The molecule has 4 aromatic rings. The van der Waals surface area contributed by atoms with Crippen molar-refractivity contribution < 1.29 is 14.2 Å². The molecule has 3 aliphatic rings. The van der Waals surface area contributed by atoms with Gasteiger partial charge in [-0.1, -0.05) is 59.6 Å². The van der Waals surface area contributed by atoms with Gasteiger partial charge in [0.1, 0.15) is 5.75 Å². The minimum Gasteiger partial charge on any atom is -0.463 e. The zero-order valence-corrected chi connectivity index (χ0v) is 19.4. The maximum atomic E-state index is 6.59. The standard InChI is InChI=1S/C27H18Cl2N2O3/c28-19-11-20-23-13-22(17-6-5-15-3-1-2-4-16(15)9-17)30-31(23)27(34-26(20)21(29)12-19)18-7-8-24-25(10-18)33-14-32-24/h1-12,23,27H,13-14H2/t23-,27-/m0/s1. The highest BCUT2D eigenvalue weighted by molar-refractivity contribution is 6.35. The Hall–Kier alpha value is -3.41. The Morgan fingerprint density at radius 3 is 2.62 bits per heavy atom. The first-order chi connectivity index (χ1) is 16.6. The number of halogens is 2. The van der Waals surface area contributed by atoms with Gasteiger partial charge < -0.3 is 14.2 Å². The summed E-state index contributed by atoms with van der Waals surface area (Å²) in [5.74, 6) is 2.07. The lowest BCUT2D eigenvalue weighted by atomic mass is 9.95. The number of hydrogen-bond donors (Lipinski definition) is 0. The highest BCUT2D eigenvalue weighted by atomic mass is 35.5. The maximum absolute atomic E-state index is 6.59. The van der Waals surface area contributed by atoms with Gasteiger partial charge in [-0.15, -0.1) is 0 Å². The lowest BCUT2D eigenvalue weighted by Gasteiger charge is -2.38. The van der Waals surface area contributed by atoms with Crippen LogP contribution >= 0.6 is 23.2 Å². The van der Waals surface area contributed by atoms with E-state index in [1.54, 1.807) is 6.07 Å². The van der Waals surface area contributed by atoms with Crippen molar-refractivity contribution in [3.05, 3.63) is 99.5 Å². The molecule has 7 rings (SSSR count). The molecule has 2 atom stereocenters. The molecule has 0 saturated heterocycles. The first kappa shape index (κ1) is 20.0. The van der Waals surface area contributed by atoms with Crippen molar-refractivity contribution in [2.24, 2.45) is 5.10 Å². The molecule has 0 unspecified atom stereocenters. The highest BCUT2D eigenvalue weighted by Gasteiger charge is 2.42. The number of ether oxygens (including phenoxy) is 3. The number of nitrogens with zero attached hydrogens (tertiary/aromatic N) is 2. The van der Waals surface area contributed by atoms with Crippen LogP contribution in [-0.2, 0) is 0 Å². The van der Waals surface area contributed by atoms with Crippen LogP contribution in [0.1, 0.15) is 35.4 Å². The smallest absolute Gasteiger partial charge is 0.231 e. The normalized spacial score (nSPS) is 20.1. The van der Waals surface area contributed by atoms with E-state index < -0.39 is 6.23 Å². The average molecular weight is 489 g/mol. The predicted octanol–water partition coefficient (Wildman–Crippen LogP) is 7.12. The van der Waals surface area contributed by atoms with Crippen LogP contribution in [-0.4, -0.2) is 17.5 Å². The summed E-state index contributed by atoms with van der Waals surface area (Å²) in [7, 11) is 0. The molecule has 0 N–H and O–H groups in total. The summed E-state index contributed by atoms with van der Waals surface area (Å²) in [6.07, 6.45) is 0.246. The Balaban J connectivity index is 1.35. The molecule has 7 heteroatoms. The molecule has 3 heterocycles. The van der Waals surface area contributed by atoms with Gasteiger partial charge in [0.05, 0.1) is 16.8 Å². The summed E-state index contributed by atoms with van der Waals surface area (Å²) in [4.78, 5) is 0. The number of rotatable bonds is 2.